The number of aliphatic carboxylic acids is 1. The highest BCUT2D eigenvalue weighted by molar-refractivity contribution is 7.99. The Bertz CT molecular complexity index is 610. The molecule has 20 heavy (non-hydrogen) atoms. The normalized spacial score (nSPS) is 10.5. The Kier molecular flexibility index (Phi) is 4.68. The van der Waals surface area contributed by atoms with Crippen LogP contribution in [0.25, 0.3) is 0 Å². The predicted molar refractivity (Wildman–Crippen MR) is 77.4 cm³/mol. The average molecular weight is 292 g/mol. The molecule has 0 fully saturated rings. The number of aryl methyl sites for hydroxylation is 1. The third-order valence-corrected chi connectivity index (χ3v) is 3.84. The summed E-state index contributed by atoms with van der Waals surface area (Å²) in [6.07, 6.45) is 1.75. The van der Waals surface area contributed by atoms with Crippen LogP contribution in [-0.4, -0.2) is 33.5 Å². The van der Waals surface area contributed by atoms with Gasteiger partial charge >= 0.3 is 5.97 Å². The summed E-state index contributed by atoms with van der Waals surface area (Å²) in [5.74, 6) is -0.0307. The maximum atomic E-state index is 10.7. The number of carbonyl (C=O) groups is 1. The maximum absolute atomic E-state index is 10.7. The second-order valence-corrected chi connectivity index (χ2v) is 5.21. The molecule has 0 unspecified atom stereocenters. The monoisotopic (exact) mass is 292 g/mol. The summed E-state index contributed by atoms with van der Waals surface area (Å²) in [4.78, 5) is 14.9. The lowest BCUT2D eigenvalue weighted by atomic mass is 10.2. The standard InChI is InChI=1S/C14H16N2O3S/c1-10-7-15-14(20-9-13(17)18)16(10)8-11-5-3-4-6-12(11)19-2/h3-7H,8-9H2,1-2H3,(H,17,18). The molecule has 0 aliphatic carbocycles. The van der Waals surface area contributed by atoms with Gasteiger partial charge in [0.15, 0.2) is 5.16 Å². The third kappa shape index (κ3) is 3.33. The summed E-state index contributed by atoms with van der Waals surface area (Å²) in [5, 5.41) is 9.47. The van der Waals surface area contributed by atoms with Crippen LogP contribution in [0.3, 0.4) is 0 Å². The van der Waals surface area contributed by atoms with Gasteiger partial charge < -0.3 is 14.4 Å². The van der Waals surface area contributed by atoms with Crippen LogP contribution in [0.5, 0.6) is 5.75 Å². The fourth-order valence-corrected chi connectivity index (χ4v) is 2.62. The van der Waals surface area contributed by atoms with Crippen molar-refractivity contribution in [1.82, 2.24) is 9.55 Å². The first-order chi connectivity index (χ1) is 9.61. The highest BCUT2D eigenvalue weighted by Gasteiger charge is 2.12. The molecule has 5 nitrogen and oxygen atoms in total. The van der Waals surface area contributed by atoms with E-state index in [1.54, 1.807) is 13.3 Å². The molecule has 1 heterocycles. The summed E-state index contributed by atoms with van der Waals surface area (Å²) >= 11 is 1.22. The zero-order chi connectivity index (χ0) is 14.5. The third-order valence-electron chi connectivity index (χ3n) is 2.86. The molecule has 0 saturated carbocycles. The first-order valence-electron chi connectivity index (χ1n) is 6.10. The Balaban J connectivity index is 2.24. The maximum Gasteiger partial charge on any atom is 0.313 e. The molecule has 0 atom stereocenters. The van der Waals surface area contributed by atoms with Crippen LogP contribution in [0, 0.1) is 6.92 Å². The molecule has 0 aliphatic rings. The Morgan fingerprint density at radius 2 is 2.20 bits per heavy atom. The first-order valence-corrected chi connectivity index (χ1v) is 7.09. The van der Waals surface area contributed by atoms with Gasteiger partial charge in [-0.1, -0.05) is 30.0 Å². The van der Waals surface area contributed by atoms with E-state index in [1.165, 1.54) is 11.8 Å². The lowest BCUT2D eigenvalue weighted by Crippen LogP contribution is -2.06. The molecule has 2 aromatic rings. The summed E-state index contributed by atoms with van der Waals surface area (Å²) < 4.78 is 7.33. The van der Waals surface area contributed by atoms with E-state index >= 15 is 0 Å². The molecule has 1 N–H and O–H groups in total. The van der Waals surface area contributed by atoms with Crippen molar-refractivity contribution in [3.8, 4) is 5.75 Å². The van der Waals surface area contributed by atoms with Crippen LogP contribution in [0.1, 0.15) is 11.3 Å². The second-order valence-electron chi connectivity index (χ2n) is 4.26. The summed E-state index contributed by atoms with van der Waals surface area (Å²) in [5.41, 5.74) is 2.03. The minimum Gasteiger partial charge on any atom is -0.496 e. The molecule has 0 bridgehead atoms. The number of hydrogen-bond acceptors (Lipinski definition) is 4. The van der Waals surface area contributed by atoms with Gasteiger partial charge in [0, 0.05) is 17.5 Å². The predicted octanol–water partition coefficient (Wildman–Crippen LogP) is 2.43. The second kappa shape index (κ2) is 6.47. The number of methoxy groups -OCH3 is 1. The van der Waals surface area contributed by atoms with Crippen LogP contribution in [0.15, 0.2) is 35.6 Å². The van der Waals surface area contributed by atoms with Crippen molar-refractivity contribution in [2.75, 3.05) is 12.9 Å². The highest BCUT2D eigenvalue weighted by atomic mass is 32.2. The molecule has 2 rings (SSSR count). The lowest BCUT2D eigenvalue weighted by molar-refractivity contribution is -0.133. The van der Waals surface area contributed by atoms with E-state index in [0.29, 0.717) is 11.7 Å². The van der Waals surface area contributed by atoms with Crippen molar-refractivity contribution >= 4 is 17.7 Å². The van der Waals surface area contributed by atoms with Gasteiger partial charge in [0.1, 0.15) is 5.75 Å². The van der Waals surface area contributed by atoms with Crippen molar-refractivity contribution in [2.45, 2.75) is 18.6 Å². The van der Waals surface area contributed by atoms with Crippen LogP contribution < -0.4 is 4.74 Å². The van der Waals surface area contributed by atoms with Gasteiger partial charge in [-0.2, -0.15) is 0 Å². The largest absolute Gasteiger partial charge is 0.496 e. The van der Waals surface area contributed by atoms with E-state index in [0.717, 1.165) is 17.0 Å². The van der Waals surface area contributed by atoms with E-state index in [-0.39, 0.29) is 5.75 Å². The van der Waals surface area contributed by atoms with Crippen LogP contribution in [0.2, 0.25) is 0 Å². The smallest absolute Gasteiger partial charge is 0.313 e. The van der Waals surface area contributed by atoms with Gasteiger partial charge in [0.05, 0.1) is 19.4 Å². The lowest BCUT2D eigenvalue weighted by Gasteiger charge is -2.12. The summed E-state index contributed by atoms with van der Waals surface area (Å²) in [6, 6.07) is 7.77. The zero-order valence-electron chi connectivity index (χ0n) is 11.4. The van der Waals surface area contributed by atoms with Crippen molar-refractivity contribution in [3.63, 3.8) is 0 Å². The summed E-state index contributed by atoms with van der Waals surface area (Å²) in [7, 11) is 1.64. The summed E-state index contributed by atoms with van der Waals surface area (Å²) in [6.45, 7) is 2.56. The van der Waals surface area contributed by atoms with Crippen LogP contribution in [-0.2, 0) is 11.3 Å². The highest BCUT2D eigenvalue weighted by Crippen LogP contribution is 2.23. The van der Waals surface area contributed by atoms with Crippen molar-refractivity contribution in [1.29, 1.82) is 0 Å². The van der Waals surface area contributed by atoms with E-state index in [9.17, 15) is 4.79 Å². The molecule has 0 aliphatic heterocycles. The average Bonchev–Trinajstić information content (AvgIpc) is 2.78. The van der Waals surface area contributed by atoms with E-state index < -0.39 is 5.97 Å². The molecular formula is C14H16N2O3S. The molecule has 0 saturated heterocycles. The van der Waals surface area contributed by atoms with Gasteiger partial charge in [-0.15, -0.1) is 0 Å². The molecule has 0 spiro atoms. The van der Waals surface area contributed by atoms with Gasteiger partial charge in [-0.25, -0.2) is 4.98 Å². The Labute approximate surface area is 121 Å². The van der Waals surface area contributed by atoms with Gasteiger partial charge in [0.25, 0.3) is 0 Å². The molecule has 6 heteroatoms. The molecule has 106 valence electrons. The zero-order valence-corrected chi connectivity index (χ0v) is 12.2. The van der Waals surface area contributed by atoms with E-state index in [2.05, 4.69) is 4.98 Å². The fraction of sp³-hybridized carbons (Fsp3) is 0.286. The molecule has 1 aromatic heterocycles. The number of rotatable bonds is 6. The topological polar surface area (TPSA) is 64.4 Å². The number of imidazole rings is 1. The Morgan fingerprint density at radius 3 is 2.90 bits per heavy atom. The Hall–Kier alpha value is -1.95. The number of carboxylic acids is 1. The SMILES string of the molecule is COc1ccccc1Cn1c(C)cnc1SCC(=O)O. The molecule has 0 radical (unpaired) electrons. The van der Waals surface area contributed by atoms with Crippen molar-refractivity contribution < 1.29 is 14.6 Å². The van der Waals surface area contributed by atoms with Gasteiger partial charge in [-0.05, 0) is 13.0 Å². The quantitative estimate of drug-likeness (QED) is 0.828. The molecule has 1 aromatic carbocycles. The molecule has 0 amide bonds. The minimum atomic E-state index is -0.848. The number of hydrogen-bond donors (Lipinski definition) is 1. The Morgan fingerprint density at radius 1 is 1.45 bits per heavy atom. The van der Waals surface area contributed by atoms with E-state index in [4.69, 9.17) is 9.84 Å². The number of thioether (sulfide) groups is 1. The first kappa shape index (κ1) is 14.5. The number of nitrogens with zero attached hydrogens (tertiary/aromatic N) is 2. The minimum absolute atomic E-state index is 0.00236. The number of para-hydroxylation sites is 1. The fourth-order valence-electron chi connectivity index (χ4n) is 1.88. The van der Waals surface area contributed by atoms with Crippen molar-refractivity contribution in [2.24, 2.45) is 0 Å². The van der Waals surface area contributed by atoms with Gasteiger partial charge in [0.2, 0.25) is 0 Å². The number of ether oxygens (including phenoxy) is 1. The van der Waals surface area contributed by atoms with Crippen LogP contribution >= 0.6 is 11.8 Å². The molecular weight excluding hydrogens is 276 g/mol. The number of aromatic nitrogens is 2. The van der Waals surface area contributed by atoms with Crippen LogP contribution in [0.4, 0.5) is 0 Å². The van der Waals surface area contributed by atoms with E-state index in [1.807, 2.05) is 35.8 Å². The number of carboxylic acid groups (broad SMARTS) is 1. The van der Waals surface area contributed by atoms with Crippen molar-refractivity contribution in [3.05, 3.63) is 41.7 Å². The number of benzene rings is 1. The van der Waals surface area contributed by atoms with Gasteiger partial charge in [-0.3, -0.25) is 4.79 Å².